The number of nitrogens with zero attached hydrogens (tertiary/aromatic N) is 2. The van der Waals surface area contributed by atoms with Gasteiger partial charge >= 0.3 is 0 Å². The summed E-state index contributed by atoms with van der Waals surface area (Å²) >= 11 is 13.7. The second kappa shape index (κ2) is 8.02. The summed E-state index contributed by atoms with van der Waals surface area (Å²) in [6.07, 6.45) is 3.40. The average Bonchev–Trinajstić information content (AvgIpc) is 3.40. The molecule has 3 heterocycles. The van der Waals surface area contributed by atoms with E-state index in [0.29, 0.717) is 27.4 Å². The maximum Gasteiger partial charge on any atom is 0.295 e. The fourth-order valence-electron chi connectivity index (χ4n) is 2.98. The Kier molecular flexibility index (Phi) is 5.50. The van der Waals surface area contributed by atoms with Gasteiger partial charge in [0.25, 0.3) is 5.91 Å². The molecule has 0 spiro atoms. The Morgan fingerprint density at radius 3 is 2.93 bits per heavy atom. The number of aromatic nitrogens is 1. The molecule has 1 aliphatic heterocycles. The third-order valence-electron chi connectivity index (χ3n) is 4.32. The highest BCUT2D eigenvalue weighted by Gasteiger charge is 2.28. The molecule has 4 rings (SSSR count). The molecule has 5 nitrogen and oxygen atoms in total. The van der Waals surface area contributed by atoms with E-state index in [1.54, 1.807) is 29.2 Å². The van der Waals surface area contributed by atoms with Crippen molar-refractivity contribution in [3.05, 3.63) is 57.8 Å². The van der Waals surface area contributed by atoms with Crippen LogP contribution in [0.1, 0.15) is 23.4 Å². The van der Waals surface area contributed by atoms with Gasteiger partial charge in [-0.1, -0.05) is 23.2 Å². The first-order chi connectivity index (χ1) is 13.1. The van der Waals surface area contributed by atoms with Crippen molar-refractivity contribution >= 4 is 45.6 Å². The van der Waals surface area contributed by atoms with Crippen molar-refractivity contribution in [2.75, 3.05) is 18.1 Å². The fourth-order valence-corrected chi connectivity index (χ4v) is 4.32. The summed E-state index contributed by atoms with van der Waals surface area (Å²) in [5.41, 5.74) is 1.47. The molecular weight excluding hydrogens is 407 g/mol. The third-order valence-corrected chi connectivity index (χ3v) is 5.73. The Morgan fingerprint density at radius 1 is 1.33 bits per heavy atom. The van der Waals surface area contributed by atoms with Crippen molar-refractivity contribution in [3.63, 3.8) is 0 Å². The predicted molar refractivity (Wildman–Crippen MR) is 107 cm³/mol. The van der Waals surface area contributed by atoms with Crippen LogP contribution in [-0.2, 0) is 4.74 Å². The van der Waals surface area contributed by atoms with Crippen molar-refractivity contribution < 1.29 is 13.9 Å². The highest BCUT2D eigenvalue weighted by molar-refractivity contribution is 7.14. The summed E-state index contributed by atoms with van der Waals surface area (Å²) in [6.45, 7) is 1.15. The number of amides is 1. The van der Waals surface area contributed by atoms with Crippen LogP contribution >= 0.6 is 34.5 Å². The molecule has 0 aliphatic carbocycles. The average molecular weight is 423 g/mol. The number of carbonyl (C=O) groups excluding carboxylic acids is 1. The second-order valence-electron chi connectivity index (χ2n) is 6.17. The number of hydrogen-bond donors (Lipinski definition) is 0. The maximum atomic E-state index is 13.0. The molecule has 0 N–H and O–H groups in total. The molecule has 3 aromatic rings. The van der Waals surface area contributed by atoms with Crippen LogP contribution in [0.15, 0.2) is 46.4 Å². The summed E-state index contributed by atoms with van der Waals surface area (Å²) in [7, 11) is 0. The summed E-state index contributed by atoms with van der Waals surface area (Å²) in [6, 6.07) is 8.60. The summed E-state index contributed by atoms with van der Waals surface area (Å²) in [5.74, 6) is 0.0351. The molecule has 0 bridgehead atoms. The lowest BCUT2D eigenvalue weighted by Crippen LogP contribution is -2.37. The van der Waals surface area contributed by atoms with E-state index in [-0.39, 0.29) is 17.8 Å². The Hall–Kier alpha value is -1.86. The van der Waals surface area contributed by atoms with Crippen molar-refractivity contribution in [2.24, 2.45) is 0 Å². The first-order valence-corrected chi connectivity index (χ1v) is 10.1. The molecule has 0 radical (unpaired) electrons. The van der Waals surface area contributed by atoms with E-state index >= 15 is 0 Å². The van der Waals surface area contributed by atoms with Crippen LogP contribution in [-0.4, -0.2) is 30.1 Å². The van der Waals surface area contributed by atoms with Gasteiger partial charge in [-0.15, -0.1) is 11.3 Å². The molecule has 1 atom stereocenters. The number of furan rings is 1. The van der Waals surface area contributed by atoms with E-state index in [4.69, 9.17) is 32.4 Å². The predicted octanol–water partition coefficient (Wildman–Crippen LogP) is 5.54. The molecule has 8 heteroatoms. The van der Waals surface area contributed by atoms with Crippen molar-refractivity contribution in [3.8, 4) is 11.3 Å². The molecule has 2 aromatic heterocycles. The number of hydrogen-bond acceptors (Lipinski definition) is 5. The highest BCUT2D eigenvalue weighted by atomic mass is 35.5. The van der Waals surface area contributed by atoms with Gasteiger partial charge in [-0.3, -0.25) is 9.69 Å². The normalized spacial score (nSPS) is 16.6. The van der Waals surface area contributed by atoms with Crippen LogP contribution in [0.4, 0.5) is 5.13 Å². The zero-order valence-electron chi connectivity index (χ0n) is 14.2. The standard InChI is InChI=1S/C19H16Cl2N2O3S/c20-12-5-6-14(15(21)9-12)16-11-27-19(22-16)23(10-13-3-1-7-25-13)18(24)17-4-2-8-26-17/h2,4-6,8-9,11,13H,1,3,7,10H2/t13-/m0/s1. The molecule has 27 heavy (non-hydrogen) atoms. The molecule has 1 amide bonds. The number of thiazole rings is 1. The zero-order valence-corrected chi connectivity index (χ0v) is 16.6. The number of benzene rings is 1. The van der Waals surface area contributed by atoms with Gasteiger partial charge in [-0.2, -0.15) is 0 Å². The van der Waals surface area contributed by atoms with Crippen molar-refractivity contribution in [2.45, 2.75) is 18.9 Å². The van der Waals surface area contributed by atoms with Crippen LogP contribution in [0.5, 0.6) is 0 Å². The first kappa shape index (κ1) is 18.5. The SMILES string of the molecule is O=C(c1ccco1)N(C[C@@H]1CCCO1)c1nc(-c2ccc(Cl)cc2Cl)cs1. The Morgan fingerprint density at radius 2 is 2.22 bits per heavy atom. The highest BCUT2D eigenvalue weighted by Crippen LogP contribution is 2.34. The summed E-state index contributed by atoms with van der Waals surface area (Å²) < 4.78 is 11.0. The molecular formula is C19H16Cl2N2O3S. The first-order valence-electron chi connectivity index (χ1n) is 8.50. The van der Waals surface area contributed by atoms with Crippen LogP contribution in [0.3, 0.4) is 0 Å². The van der Waals surface area contributed by atoms with Gasteiger partial charge in [0.2, 0.25) is 0 Å². The van der Waals surface area contributed by atoms with E-state index in [1.165, 1.54) is 17.6 Å². The fraction of sp³-hybridized carbons (Fsp3) is 0.263. The number of anilines is 1. The van der Waals surface area contributed by atoms with Crippen molar-refractivity contribution in [1.29, 1.82) is 0 Å². The largest absolute Gasteiger partial charge is 0.459 e. The van der Waals surface area contributed by atoms with Gasteiger partial charge in [-0.25, -0.2) is 4.98 Å². The molecule has 140 valence electrons. The molecule has 1 aromatic carbocycles. The van der Waals surface area contributed by atoms with E-state index in [9.17, 15) is 4.79 Å². The summed E-state index contributed by atoms with van der Waals surface area (Å²) in [4.78, 5) is 19.2. The Balaban J connectivity index is 1.65. The van der Waals surface area contributed by atoms with E-state index in [2.05, 4.69) is 4.98 Å². The second-order valence-corrected chi connectivity index (χ2v) is 7.85. The van der Waals surface area contributed by atoms with Gasteiger partial charge in [-0.05, 0) is 43.2 Å². The third kappa shape index (κ3) is 4.04. The molecule has 0 unspecified atom stereocenters. The quantitative estimate of drug-likeness (QED) is 0.541. The molecule has 0 saturated carbocycles. The molecule has 1 fully saturated rings. The molecule has 1 aliphatic rings. The van der Waals surface area contributed by atoms with Gasteiger partial charge in [0.05, 0.1) is 29.6 Å². The number of ether oxygens (including phenoxy) is 1. The molecule has 1 saturated heterocycles. The Bertz CT molecular complexity index is 936. The zero-order chi connectivity index (χ0) is 18.8. The number of carbonyl (C=O) groups is 1. The van der Waals surface area contributed by atoms with Crippen LogP contribution in [0.25, 0.3) is 11.3 Å². The lowest BCUT2D eigenvalue weighted by Gasteiger charge is -2.22. The van der Waals surface area contributed by atoms with Crippen LogP contribution < -0.4 is 4.90 Å². The minimum absolute atomic E-state index is 0.00428. The topological polar surface area (TPSA) is 55.6 Å². The minimum Gasteiger partial charge on any atom is -0.459 e. The lowest BCUT2D eigenvalue weighted by atomic mass is 10.2. The van der Waals surface area contributed by atoms with E-state index < -0.39 is 0 Å². The lowest BCUT2D eigenvalue weighted by molar-refractivity contribution is 0.0895. The monoisotopic (exact) mass is 422 g/mol. The van der Waals surface area contributed by atoms with Gasteiger partial charge in [0.1, 0.15) is 0 Å². The number of halogens is 2. The van der Waals surface area contributed by atoms with Gasteiger partial charge in [0.15, 0.2) is 10.9 Å². The smallest absolute Gasteiger partial charge is 0.295 e. The summed E-state index contributed by atoms with van der Waals surface area (Å²) in [5, 5.41) is 3.53. The maximum absolute atomic E-state index is 13.0. The van der Waals surface area contributed by atoms with E-state index in [1.807, 2.05) is 11.4 Å². The van der Waals surface area contributed by atoms with Crippen molar-refractivity contribution in [1.82, 2.24) is 4.98 Å². The Labute approximate surface area is 170 Å². The minimum atomic E-state index is -0.237. The van der Waals surface area contributed by atoms with Crippen LogP contribution in [0, 0.1) is 0 Å². The number of rotatable bonds is 5. The van der Waals surface area contributed by atoms with Crippen LogP contribution in [0.2, 0.25) is 10.0 Å². The van der Waals surface area contributed by atoms with Gasteiger partial charge in [0, 0.05) is 22.6 Å². The van der Waals surface area contributed by atoms with Gasteiger partial charge < -0.3 is 9.15 Å². The van der Waals surface area contributed by atoms with E-state index in [0.717, 1.165) is 25.0 Å².